The molecule has 5 nitrogen and oxygen atoms in total. The Hall–Kier alpha value is -2.34. The minimum absolute atomic E-state index is 0.111. The fourth-order valence-corrected chi connectivity index (χ4v) is 4.47. The zero-order valence-corrected chi connectivity index (χ0v) is 18.3. The normalized spacial score (nSPS) is 17.5. The van der Waals surface area contributed by atoms with Gasteiger partial charge in [-0.2, -0.15) is 13.9 Å². The second kappa shape index (κ2) is 8.30. The van der Waals surface area contributed by atoms with Crippen molar-refractivity contribution in [1.29, 1.82) is 0 Å². The van der Waals surface area contributed by atoms with Gasteiger partial charge in [0.25, 0.3) is 5.66 Å². The molecule has 0 amide bonds. The second-order valence-electron chi connectivity index (χ2n) is 7.81. The van der Waals surface area contributed by atoms with Gasteiger partial charge in [-0.1, -0.05) is 33.5 Å². The van der Waals surface area contributed by atoms with Gasteiger partial charge >= 0.3 is 0 Å². The van der Waals surface area contributed by atoms with Gasteiger partial charge in [0.2, 0.25) is 0 Å². The number of aromatic nitrogens is 2. The molecule has 0 spiro atoms. The molecule has 2 N–H and O–H groups in total. The van der Waals surface area contributed by atoms with Gasteiger partial charge < -0.3 is 14.9 Å². The summed E-state index contributed by atoms with van der Waals surface area (Å²) in [6.45, 7) is 0.506. The summed E-state index contributed by atoms with van der Waals surface area (Å²) in [6.07, 6.45) is 5.68. The first-order chi connectivity index (χ1) is 14.8. The number of aliphatic hydroxyl groups is 2. The summed E-state index contributed by atoms with van der Waals surface area (Å²) in [5, 5.41) is 24.5. The highest BCUT2D eigenvalue weighted by Gasteiger charge is 2.57. The van der Waals surface area contributed by atoms with E-state index in [4.69, 9.17) is 9.84 Å². The number of alkyl halides is 2. The number of fused-ring (bicyclic) bond motifs is 3. The fourth-order valence-electron chi connectivity index (χ4n) is 4.16. The first kappa shape index (κ1) is 21.9. The smallest absolute Gasteiger partial charge is 0.295 e. The van der Waals surface area contributed by atoms with Gasteiger partial charge in [-0.15, -0.1) is 0 Å². The number of benzene rings is 2. The van der Waals surface area contributed by atoms with E-state index >= 15 is 0 Å². The lowest BCUT2D eigenvalue weighted by Gasteiger charge is -2.32. The number of nitrogens with zero attached hydrogens (tertiary/aromatic N) is 2. The zero-order valence-electron chi connectivity index (χ0n) is 17.2. The second-order valence-corrected chi connectivity index (χ2v) is 8.53. The van der Waals surface area contributed by atoms with Crippen LogP contribution in [0.5, 0.6) is 5.75 Å². The molecular weight excluding hydrogens is 421 g/mol. The van der Waals surface area contributed by atoms with Gasteiger partial charge in [-0.05, 0) is 48.1 Å². The minimum Gasteiger partial charge on any atom is -0.494 e. The maximum absolute atomic E-state index is 14.9. The van der Waals surface area contributed by atoms with Crippen molar-refractivity contribution in [3.63, 3.8) is 0 Å². The molecule has 0 saturated carbocycles. The van der Waals surface area contributed by atoms with Crippen molar-refractivity contribution >= 4 is 9.24 Å². The van der Waals surface area contributed by atoms with Gasteiger partial charge in [0, 0.05) is 36.5 Å². The van der Waals surface area contributed by atoms with E-state index in [1.807, 2.05) is 6.07 Å². The SMILES string of the molecule is Cn1cc(-c2cc(OCCCCCO)cc3c2-c2ccccc2C3(O)C(F)(F)P)cn1. The molecule has 3 aromatic rings. The summed E-state index contributed by atoms with van der Waals surface area (Å²) in [6, 6.07) is 10.0. The molecule has 31 heavy (non-hydrogen) atoms. The number of aliphatic hydroxyl groups excluding tert-OH is 1. The molecule has 2 aromatic carbocycles. The molecule has 0 bridgehead atoms. The van der Waals surface area contributed by atoms with Gasteiger partial charge in [0.05, 0.1) is 12.8 Å². The Morgan fingerprint density at radius 3 is 2.58 bits per heavy atom. The molecule has 1 aliphatic carbocycles. The predicted molar refractivity (Wildman–Crippen MR) is 118 cm³/mol. The summed E-state index contributed by atoms with van der Waals surface area (Å²) in [4.78, 5) is 0. The average Bonchev–Trinajstić information content (AvgIpc) is 3.28. The molecule has 2 unspecified atom stereocenters. The highest BCUT2D eigenvalue weighted by Crippen LogP contribution is 2.59. The van der Waals surface area contributed by atoms with E-state index in [0.717, 1.165) is 18.4 Å². The topological polar surface area (TPSA) is 67.5 Å². The van der Waals surface area contributed by atoms with Gasteiger partial charge in [-0.3, -0.25) is 4.68 Å². The number of hydrogen-bond acceptors (Lipinski definition) is 4. The lowest BCUT2D eigenvalue weighted by molar-refractivity contribution is -0.0964. The highest BCUT2D eigenvalue weighted by atomic mass is 31.0. The van der Waals surface area contributed by atoms with E-state index in [-0.39, 0.29) is 17.7 Å². The number of hydrogen-bond donors (Lipinski definition) is 2. The molecule has 1 aromatic heterocycles. The molecule has 0 radical (unpaired) electrons. The first-order valence-electron chi connectivity index (χ1n) is 10.2. The molecule has 0 saturated heterocycles. The maximum Gasteiger partial charge on any atom is 0.295 e. The van der Waals surface area contributed by atoms with Crippen molar-refractivity contribution in [3.8, 4) is 28.0 Å². The number of halogens is 2. The summed E-state index contributed by atoms with van der Waals surface area (Å²) in [7, 11) is 3.27. The fraction of sp³-hybridized carbons (Fsp3) is 0.348. The Morgan fingerprint density at radius 1 is 1.13 bits per heavy atom. The Kier molecular flexibility index (Phi) is 5.86. The van der Waals surface area contributed by atoms with Crippen LogP contribution in [0.2, 0.25) is 0 Å². The van der Waals surface area contributed by atoms with Crippen LogP contribution in [0, 0.1) is 0 Å². The van der Waals surface area contributed by atoms with Crippen molar-refractivity contribution in [2.75, 3.05) is 13.2 Å². The van der Waals surface area contributed by atoms with Crippen molar-refractivity contribution in [3.05, 3.63) is 59.9 Å². The van der Waals surface area contributed by atoms with Crippen LogP contribution < -0.4 is 4.74 Å². The van der Waals surface area contributed by atoms with Crippen molar-refractivity contribution in [2.24, 2.45) is 7.05 Å². The quantitative estimate of drug-likeness (QED) is 0.400. The van der Waals surface area contributed by atoms with Crippen molar-refractivity contribution < 1.29 is 23.7 Å². The van der Waals surface area contributed by atoms with E-state index in [2.05, 4.69) is 5.10 Å². The highest BCUT2D eigenvalue weighted by molar-refractivity contribution is 7.18. The monoisotopic (exact) mass is 446 g/mol. The van der Waals surface area contributed by atoms with Crippen molar-refractivity contribution in [2.45, 2.75) is 30.5 Å². The Labute approximate surface area is 181 Å². The van der Waals surface area contributed by atoms with E-state index < -0.39 is 11.3 Å². The Bertz CT molecular complexity index is 1100. The zero-order chi connectivity index (χ0) is 22.2. The van der Waals surface area contributed by atoms with Crippen LogP contribution >= 0.6 is 9.24 Å². The third kappa shape index (κ3) is 3.75. The molecule has 8 heteroatoms. The molecule has 0 fully saturated rings. The van der Waals surface area contributed by atoms with Crippen LogP contribution in [-0.4, -0.2) is 38.9 Å². The lowest BCUT2D eigenvalue weighted by atomic mass is 9.90. The van der Waals surface area contributed by atoms with Crippen LogP contribution in [0.3, 0.4) is 0 Å². The Balaban J connectivity index is 1.88. The first-order valence-corrected chi connectivity index (χ1v) is 10.7. The molecule has 0 aliphatic heterocycles. The number of aryl methyl sites for hydroxylation is 1. The van der Waals surface area contributed by atoms with E-state index in [1.54, 1.807) is 42.3 Å². The molecule has 164 valence electrons. The van der Waals surface area contributed by atoms with Gasteiger partial charge in [0.15, 0.2) is 5.60 Å². The third-order valence-corrected chi connectivity index (χ3v) is 6.08. The molecule has 1 aliphatic rings. The minimum atomic E-state index is -3.50. The molecular formula is C23H25F2N2O3P. The van der Waals surface area contributed by atoms with Crippen molar-refractivity contribution in [1.82, 2.24) is 9.78 Å². The number of unbranched alkanes of at least 4 members (excludes halogenated alkanes) is 2. The predicted octanol–water partition coefficient (Wildman–Crippen LogP) is 4.31. The molecule has 1 heterocycles. The average molecular weight is 446 g/mol. The van der Waals surface area contributed by atoms with Crippen LogP contribution in [0.25, 0.3) is 22.3 Å². The summed E-state index contributed by atoms with van der Waals surface area (Å²) in [5.41, 5.74) is -3.19. The van der Waals surface area contributed by atoms with Crippen LogP contribution in [0.15, 0.2) is 48.8 Å². The lowest BCUT2D eigenvalue weighted by Crippen LogP contribution is -2.40. The summed E-state index contributed by atoms with van der Waals surface area (Å²) < 4.78 is 37.2. The van der Waals surface area contributed by atoms with E-state index in [0.29, 0.717) is 35.5 Å². The standard InChI is InChI=1S/C23H25F2N2O3P/c1-27-14-15(13-26-27)18-11-16(30-10-6-2-5-9-28)12-20-21(18)17-7-3-4-8-19(17)22(20,29)23(24,25)31/h3-4,7-8,11-14,28-29H,2,5-6,9-10,31H2,1H3. The molecule has 2 atom stereocenters. The van der Waals surface area contributed by atoms with E-state index in [9.17, 15) is 13.9 Å². The summed E-state index contributed by atoms with van der Waals surface area (Å²) in [5.74, 6) is 0.405. The van der Waals surface area contributed by atoms with Crippen LogP contribution in [0.1, 0.15) is 30.4 Å². The van der Waals surface area contributed by atoms with E-state index in [1.165, 1.54) is 21.4 Å². The largest absolute Gasteiger partial charge is 0.494 e. The maximum atomic E-state index is 14.9. The molecule has 4 rings (SSSR count). The number of rotatable bonds is 8. The van der Waals surface area contributed by atoms with Gasteiger partial charge in [0.1, 0.15) is 5.75 Å². The summed E-state index contributed by atoms with van der Waals surface area (Å²) >= 11 is 0. The van der Waals surface area contributed by atoms with Gasteiger partial charge in [-0.25, -0.2) is 0 Å². The van der Waals surface area contributed by atoms with Crippen LogP contribution in [-0.2, 0) is 12.6 Å². The third-order valence-electron chi connectivity index (χ3n) is 5.66. The Morgan fingerprint density at radius 2 is 1.90 bits per heavy atom. The van der Waals surface area contributed by atoms with Crippen LogP contribution in [0.4, 0.5) is 8.78 Å². The number of ether oxygens (including phenoxy) is 1.